The Kier molecular flexibility index (Phi) is 4.36. The molecule has 1 aromatic heterocycles. The average Bonchev–Trinajstić information content (AvgIpc) is 2.39. The second kappa shape index (κ2) is 6.02. The summed E-state index contributed by atoms with van der Waals surface area (Å²) >= 11 is 0. The van der Waals surface area contributed by atoms with Gasteiger partial charge in [0.05, 0.1) is 4.90 Å². The van der Waals surface area contributed by atoms with Crippen LogP contribution in [-0.4, -0.2) is 19.9 Å². The zero-order chi connectivity index (χ0) is 14.6. The van der Waals surface area contributed by atoms with E-state index in [-0.39, 0.29) is 10.5 Å². The van der Waals surface area contributed by atoms with Gasteiger partial charge in [0.15, 0.2) is 0 Å². The molecule has 0 saturated carbocycles. The number of nitrogens with one attached hydrogen (secondary N) is 2. The summed E-state index contributed by atoms with van der Waals surface area (Å²) in [6, 6.07) is 10.4. The molecule has 0 radical (unpaired) electrons. The predicted octanol–water partition coefficient (Wildman–Crippen LogP) is 1.20. The second-order valence-electron chi connectivity index (χ2n) is 4.53. The highest BCUT2D eigenvalue weighted by Crippen LogP contribution is 2.06. The van der Waals surface area contributed by atoms with E-state index in [0.29, 0.717) is 13.0 Å². The minimum Gasteiger partial charge on any atom is -0.328 e. The largest absolute Gasteiger partial charge is 0.328 e. The number of aromatic nitrogens is 1. The van der Waals surface area contributed by atoms with Crippen molar-refractivity contribution in [3.63, 3.8) is 0 Å². The van der Waals surface area contributed by atoms with Crippen molar-refractivity contribution < 1.29 is 8.42 Å². The van der Waals surface area contributed by atoms with Gasteiger partial charge in [-0.15, -0.1) is 0 Å². The number of hydrogen-bond donors (Lipinski definition) is 2. The molecule has 106 valence electrons. The van der Waals surface area contributed by atoms with Gasteiger partial charge in [0.1, 0.15) is 0 Å². The van der Waals surface area contributed by atoms with Crippen molar-refractivity contribution in [3.8, 4) is 0 Å². The third-order valence-corrected chi connectivity index (χ3v) is 4.31. The summed E-state index contributed by atoms with van der Waals surface area (Å²) in [5, 5.41) is 0. The highest BCUT2D eigenvalue weighted by atomic mass is 32.2. The Morgan fingerprint density at radius 3 is 2.65 bits per heavy atom. The molecule has 2 rings (SSSR count). The molecule has 1 aromatic carbocycles. The van der Waals surface area contributed by atoms with Crippen LogP contribution in [0.5, 0.6) is 0 Å². The second-order valence-corrected chi connectivity index (χ2v) is 6.29. The van der Waals surface area contributed by atoms with Crippen LogP contribution in [0, 0.1) is 6.92 Å². The molecule has 0 aliphatic rings. The van der Waals surface area contributed by atoms with E-state index in [4.69, 9.17) is 0 Å². The van der Waals surface area contributed by atoms with Crippen molar-refractivity contribution in [2.45, 2.75) is 18.2 Å². The number of aryl methyl sites for hydroxylation is 1. The van der Waals surface area contributed by atoms with Crippen LogP contribution in [0.15, 0.2) is 52.3 Å². The number of pyridine rings is 1. The topological polar surface area (TPSA) is 79.0 Å². The first-order valence-electron chi connectivity index (χ1n) is 6.21. The van der Waals surface area contributed by atoms with Gasteiger partial charge in [-0.2, -0.15) is 0 Å². The zero-order valence-corrected chi connectivity index (χ0v) is 11.9. The number of hydrogen-bond acceptors (Lipinski definition) is 3. The summed E-state index contributed by atoms with van der Waals surface area (Å²) in [4.78, 5) is 13.3. The van der Waals surface area contributed by atoms with E-state index in [2.05, 4.69) is 9.71 Å². The van der Waals surface area contributed by atoms with E-state index in [1.54, 1.807) is 0 Å². The maximum Gasteiger partial charge on any atom is 0.247 e. The van der Waals surface area contributed by atoms with Crippen molar-refractivity contribution in [1.82, 2.24) is 9.71 Å². The summed E-state index contributed by atoms with van der Waals surface area (Å²) in [5.41, 5.74) is 1.89. The Morgan fingerprint density at radius 2 is 2.00 bits per heavy atom. The smallest absolute Gasteiger partial charge is 0.247 e. The molecular weight excluding hydrogens is 276 g/mol. The van der Waals surface area contributed by atoms with Crippen molar-refractivity contribution in [2.24, 2.45) is 0 Å². The predicted molar refractivity (Wildman–Crippen MR) is 77.1 cm³/mol. The molecule has 2 N–H and O–H groups in total. The lowest BCUT2D eigenvalue weighted by atomic mass is 10.1. The molecule has 0 amide bonds. The molecule has 0 spiro atoms. The molecule has 0 aliphatic carbocycles. The van der Waals surface area contributed by atoms with E-state index in [1.807, 2.05) is 31.2 Å². The molecule has 5 nitrogen and oxygen atoms in total. The van der Waals surface area contributed by atoms with Crippen molar-refractivity contribution >= 4 is 10.0 Å². The van der Waals surface area contributed by atoms with Crippen LogP contribution in [0.4, 0.5) is 0 Å². The van der Waals surface area contributed by atoms with Crippen LogP contribution < -0.4 is 10.3 Å². The van der Waals surface area contributed by atoms with Gasteiger partial charge in [0.2, 0.25) is 15.6 Å². The number of benzene rings is 1. The summed E-state index contributed by atoms with van der Waals surface area (Å²) in [7, 11) is -3.58. The van der Waals surface area contributed by atoms with Gasteiger partial charge in [-0.05, 0) is 25.0 Å². The highest BCUT2D eigenvalue weighted by Gasteiger charge is 2.13. The number of H-pyrrole nitrogens is 1. The first-order chi connectivity index (χ1) is 9.47. The minimum atomic E-state index is -3.58. The maximum atomic E-state index is 12.0. The molecular formula is C14H16N2O3S. The first-order valence-corrected chi connectivity index (χ1v) is 7.70. The Balaban J connectivity index is 1.99. The molecule has 0 bridgehead atoms. The Labute approximate surface area is 117 Å². The lowest BCUT2D eigenvalue weighted by Gasteiger charge is -2.07. The van der Waals surface area contributed by atoms with Gasteiger partial charge in [-0.25, -0.2) is 13.1 Å². The minimum absolute atomic E-state index is 0.0568. The molecule has 0 fully saturated rings. The highest BCUT2D eigenvalue weighted by molar-refractivity contribution is 7.89. The number of aromatic amines is 1. The van der Waals surface area contributed by atoms with Crippen LogP contribution >= 0.6 is 0 Å². The summed E-state index contributed by atoms with van der Waals surface area (Å²) in [6.07, 6.45) is 1.81. The van der Waals surface area contributed by atoms with Crippen molar-refractivity contribution in [1.29, 1.82) is 0 Å². The van der Waals surface area contributed by atoms with Gasteiger partial charge < -0.3 is 4.98 Å². The Bertz CT molecular complexity index is 731. The third kappa shape index (κ3) is 3.79. The van der Waals surface area contributed by atoms with E-state index < -0.39 is 10.0 Å². The maximum absolute atomic E-state index is 12.0. The Hall–Kier alpha value is -1.92. The molecule has 20 heavy (non-hydrogen) atoms. The fourth-order valence-corrected chi connectivity index (χ4v) is 2.84. The first kappa shape index (κ1) is 14.5. The van der Waals surface area contributed by atoms with Crippen LogP contribution in [0.1, 0.15) is 11.1 Å². The lowest BCUT2D eigenvalue weighted by molar-refractivity contribution is 0.581. The lowest BCUT2D eigenvalue weighted by Crippen LogP contribution is -2.26. The van der Waals surface area contributed by atoms with Gasteiger partial charge in [-0.3, -0.25) is 4.79 Å². The van der Waals surface area contributed by atoms with Gasteiger partial charge in [0, 0.05) is 18.8 Å². The molecule has 6 heteroatoms. The van der Waals surface area contributed by atoms with Crippen molar-refractivity contribution in [2.75, 3.05) is 6.54 Å². The summed E-state index contributed by atoms with van der Waals surface area (Å²) in [5.74, 6) is 0. The van der Waals surface area contributed by atoms with E-state index in [1.165, 1.54) is 18.3 Å². The monoisotopic (exact) mass is 292 g/mol. The molecule has 0 atom stereocenters. The van der Waals surface area contributed by atoms with E-state index >= 15 is 0 Å². The Morgan fingerprint density at radius 1 is 1.20 bits per heavy atom. The van der Waals surface area contributed by atoms with Crippen molar-refractivity contribution in [3.05, 3.63) is 64.1 Å². The van der Waals surface area contributed by atoms with Crippen LogP contribution in [0.2, 0.25) is 0 Å². The molecule has 2 aromatic rings. The molecule has 0 aliphatic heterocycles. The third-order valence-electron chi connectivity index (χ3n) is 2.85. The van der Waals surface area contributed by atoms with Gasteiger partial charge >= 0.3 is 0 Å². The fourth-order valence-electron chi connectivity index (χ4n) is 1.84. The zero-order valence-electron chi connectivity index (χ0n) is 11.1. The molecule has 1 heterocycles. The fraction of sp³-hybridized carbons (Fsp3) is 0.214. The average molecular weight is 292 g/mol. The normalized spacial score (nSPS) is 11.4. The van der Waals surface area contributed by atoms with Gasteiger partial charge in [-0.1, -0.05) is 29.8 Å². The van der Waals surface area contributed by atoms with E-state index in [0.717, 1.165) is 11.1 Å². The van der Waals surface area contributed by atoms with Gasteiger partial charge in [0.25, 0.3) is 0 Å². The summed E-state index contributed by atoms with van der Waals surface area (Å²) in [6.45, 7) is 2.30. The van der Waals surface area contributed by atoms with Crippen LogP contribution in [-0.2, 0) is 16.4 Å². The number of rotatable bonds is 5. The quantitative estimate of drug-likeness (QED) is 0.869. The molecule has 0 saturated heterocycles. The van der Waals surface area contributed by atoms with E-state index in [9.17, 15) is 13.2 Å². The summed E-state index contributed by atoms with van der Waals surface area (Å²) < 4.78 is 26.4. The number of sulfonamides is 1. The SMILES string of the molecule is Cc1cccc(CCNS(=O)(=O)c2ccc(=O)[nH]c2)c1. The van der Waals surface area contributed by atoms with Crippen LogP contribution in [0.25, 0.3) is 0 Å². The van der Waals surface area contributed by atoms with Crippen LogP contribution in [0.3, 0.4) is 0 Å². The molecule has 0 unspecified atom stereocenters. The standard InChI is InChI=1S/C14H16N2O3S/c1-11-3-2-4-12(9-11)7-8-16-20(18,19)13-5-6-14(17)15-10-13/h2-6,9-10,16H,7-8H2,1H3,(H,15,17).